The van der Waals surface area contributed by atoms with Gasteiger partial charge in [-0.1, -0.05) is 92.7 Å². The van der Waals surface area contributed by atoms with E-state index in [1.54, 1.807) is 0 Å². The standard InChI is InChI=1S/C29H35N3O2/c1-21(2)28(31-27(33)18-22-10-6-5-7-11-22)29(34)30-19-25-12-8-9-13-26(25)24-16-14-23(15-17-24)20-32(3)4/h5-17,21,28H,18-20H2,1-4H3,(H,30,34)(H,31,33). The van der Waals surface area contributed by atoms with Crippen LogP contribution in [-0.4, -0.2) is 36.9 Å². The number of benzene rings is 3. The lowest BCUT2D eigenvalue weighted by molar-refractivity contribution is -0.129. The molecule has 3 aromatic rings. The van der Waals surface area contributed by atoms with E-state index in [1.807, 2.05) is 62.4 Å². The maximum Gasteiger partial charge on any atom is 0.243 e. The number of carbonyl (C=O) groups is 2. The van der Waals surface area contributed by atoms with Crippen LogP contribution in [0.5, 0.6) is 0 Å². The van der Waals surface area contributed by atoms with Crippen LogP contribution >= 0.6 is 0 Å². The molecule has 0 aliphatic heterocycles. The molecule has 0 aliphatic rings. The second-order valence-corrected chi connectivity index (χ2v) is 9.26. The monoisotopic (exact) mass is 457 g/mol. The fraction of sp³-hybridized carbons (Fsp3) is 0.310. The van der Waals surface area contributed by atoms with Gasteiger partial charge in [-0.05, 0) is 47.8 Å². The minimum Gasteiger partial charge on any atom is -0.350 e. The Morgan fingerprint density at radius 3 is 2.12 bits per heavy atom. The Hall–Kier alpha value is -3.44. The minimum absolute atomic E-state index is 0.0285. The molecule has 0 heterocycles. The first-order valence-corrected chi connectivity index (χ1v) is 11.8. The molecule has 3 rings (SSSR count). The van der Waals surface area contributed by atoms with Crippen LogP contribution in [0.4, 0.5) is 0 Å². The van der Waals surface area contributed by atoms with E-state index >= 15 is 0 Å². The van der Waals surface area contributed by atoms with Gasteiger partial charge in [0.25, 0.3) is 0 Å². The van der Waals surface area contributed by atoms with Gasteiger partial charge >= 0.3 is 0 Å². The van der Waals surface area contributed by atoms with Crippen molar-refractivity contribution in [2.75, 3.05) is 14.1 Å². The molecule has 5 nitrogen and oxygen atoms in total. The van der Waals surface area contributed by atoms with E-state index in [1.165, 1.54) is 5.56 Å². The lowest BCUT2D eigenvalue weighted by Crippen LogP contribution is -2.49. The minimum atomic E-state index is -0.589. The van der Waals surface area contributed by atoms with Crippen molar-refractivity contribution in [2.45, 2.75) is 39.4 Å². The van der Waals surface area contributed by atoms with Crippen molar-refractivity contribution >= 4 is 11.8 Å². The summed E-state index contributed by atoms with van der Waals surface area (Å²) in [4.78, 5) is 27.7. The van der Waals surface area contributed by atoms with Crippen LogP contribution in [0.15, 0.2) is 78.9 Å². The molecule has 0 saturated heterocycles. The van der Waals surface area contributed by atoms with Gasteiger partial charge in [0.2, 0.25) is 11.8 Å². The third-order valence-electron chi connectivity index (χ3n) is 5.71. The highest BCUT2D eigenvalue weighted by atomic mass is 16.2. The summed E-state index contributed by atoms with van der Waals surface area (Å²) in [7, 11) is 4.11. The number of hydrogen-bond donors (Lipinski definition) is 2. The maximum absolute atomic E-state index is 13.0. The Balaban J connectivity index is 1.65. The molecule has 34 heavy (non-hydrogen) atoms. The highest BCUT2D eigenvalue weighted by molar-refractivity contribution is 5.88. The maximum atomic E-state index is 13.0. The smallest absolute Gasteiger partial charge is 0.243 e. The van der Waals surface area contributed by atoms with Crippen LogP contribution in [0.1, 0.15) is 30.5 Å². The summed E-state index contributed by atoms with van der Waals surface area (Å²) >= 11 is 0. The van der Waals surface area contributed by atoms with Gasteiger partial charge in [-0.25, -0.2) is 0 Å². The third-order valence-corrected chi connectivity index (χ3v) is 5.71. The third kappa shape index (κ3) is 7.29. The van der Waals surface area contributed by atoms with Crippen molar-refractivity contribution in [3.8, 4) is 11.1 Å². The zero-order valence-corrected chi connectivity index (χ0v) is 20.5. The van der Waals surface area contributed by atoms with Crippen molar-refractivity contribution < 1.29 is 9.59 Å². The second kappa shape index (κ2) is 12.1. The van der Waals surface area contributed by atoms with Gasteiger partial charge in [0.15, 0.2) is 0 Å². The molecule has 2 N–H and O–H groups in total. The van der Waals surface area contributed by atoms with Gasteiger partial charge in [-0.3, -0.25) is 9.59 Å². The Labute approximate surface area is 203 Å². The van der Waals surface area contributed by atoms with Gasteiger partial charge in [-0.15, -0.1) is 0 Å². The molecule has 1 unspecified atom stereocenters. The number of hydrogen-bond acceptors (Lipinski definition) is 3. The first-order chi connectivity index (χ1) is 16.3. The van der Waals surface area contributed by atoms with E-state index in [9.17, 15) is 9.59 Å². The van der Waals surface area contributed by atoms with Crippen LogP contribution in [0.25, 0.3) is 11.1 Å². The average molecular weight is 458 g/mol. The zero-order valence-electron chi connectivity index (χ0n) is 20.5. The van der Waals surface area contributed by atoms with Crippen LogP contribution in [0.3, 0.4) is 0 Å². The van der Waals surface area contributed by atoms with Crippen LogP contribution in [0.2, 0.25) is 0 Å². The predicted octanol–water partition coefficient (Wildman–Crippen LogP) is 4.41. The molecule has 0 saturated carbocycles. The van der Waals surface area contributed by atoms with E-state index in [4.69, 9.17) is 0 Å². The molecule has 0 bridgehead atoms. The van der Waals surface area contributed by atoms with E-state index in [0.29, 0.717) is 6.54 Å². The van der Waals surface area contributed by atoms with Gasteiger partial charge in [-0.2, -0.15) is 0 Å². The van der Waals surface area contributed by atoms with E-state index in [2.05, 4.69) is 60.0 Å². The quantitative estimate of drug-likeness (QED) is 0.474. The van der Waals surface area contributed by atoms with Crippen LogP contribution in [-0.2, 0) is 29.1 Å². The summed E-state index contributed by atoms with van der Waals surface area (Å²) in [5, 5.41) is 5.95. The molecule has 0 radical (unpaired) electrons. The number of nitrogens with zero attached hydrogens (tertiary/aromatic N) is 1. The topological polar surface area (TPSA) is 61.4 Å². The lowest BCUT2D eigenvalue weighted by atomic mass is 9.98. The summed E-state index contributed by atoms with van der Waals surface area (Å²) in [6, 6.07) is 25.6. The molecule has 1 atom stereocenters. The highest BCUT2D eigenvalue weighted by Crippen LogP contribution is 2.24. The Morgan fingerprint density at radius 1 is 0.824 bits per heavy atom. The first kappa shape index (κ1) is 25.2. The molecule has 0 fully saturated rings. The first-order valence-electron chi connectivity index (χ1n) is 11.8. The van der Waals surface area contributed by atoms with E-state index in [-0.39, 0.29) is 24.2 Å². The zero-order chi connectivity index (χ0) is 24.5. The van der Waals surface area contributed by atoms with Crippen LogP contribution < -0.4 is 10.6 Å². The fourth-order valence-corrected chi connectivity index (χ4v) is 3.94. The molecule has 5 heteroatoms. The number of rotatable bonds is 10. The molecule has 2 amide bonds. The van der Waals surface area contributed by atoms with Crippen molar-refractivity contribution in [1.29, 1.82) is 0 Å². The summed E-state index contributed by atoms with van der Waals surface area (Å²) in [6.45, 7) is 5.17. The van der Waals surface area contributed by atoms with Crippen molar-refractivity contribution in [2.24, 2.45) is 5.92 Å². The average Bonchev–Trinajstić information content (AvgIpc) is 2.82. The van der Waals surface area contributed by atoms with Gasteiger partial charge in [0, 0.05) is 13.1 Å². The van der Waals surface area contributed by atoms with E-state index < -0.39 is 6.04 Å². The summed E-state index contributed by atoms with van der Waals surface area (Å²) in [5.74, 6) is -0.356. The molecular formula is C29H35N3O2. The largest absolute Gasteiger partial charge is 0.350 e. The van der Waals surface area contributed by atoms with Crippen LogP contribution in [0, 0.1) is 5.92 Å². The molecule has 0 spiro atoms. The Kier molecular flexibility index (Phi) is 9.00. The number of carbonyl (C=O) groups excluding carboxylic acids is 2. The fourth-order valence-electron chi connectivity index (χ4n) is 3.94. The molecule has 0 aliphatic carbocycles. The van der Waals surface area contributed by atoms with Gasteiger partial charge < -0.3 is 15.5 Å². The number of amides is 2. The van der Waals surface area contributed by atoms with Crippen molar-refractivity contribution in [3.63, 3.8) is 0 Å². The van der Waals surface area contributed by atoms with Crippen molar-refractivity contribution in [3.05, 3.63) is 95.6 Å². The Bertz CT molecular complexity index is 1080. The predicted molar refractivity (Wildman–Crippen MR) is 138 cm³/mol. The Morgan fingerprint density at radius 2 is 1.47 bits per heavy atom. The van der Waals surface area contributed by atoms with Crippen molar-refractivity contribution in [1.82, 2.24) is 15.5 Å². The molecule has 3 aromatic carbocycles. The SMILES string of the molecule is CC(C)C(NC(=O)Cc1ccccc1)C(=O)NCc1ccccc1-c1ccc(CN(C)C)cc1. The molecule has 0 aromatic heterocycles. The normalized spacial score (nSPS) is 11.9. The van der Waals surface area contributed by atoms with E-state index in [0.717, 1.165) is 28.8 Å². The van der Waals surface area contributed by atoms with Gasteiger partial charge in [0.1, 0.15) is 6.04 Å². The second-order valence-electron chi connectivity index (χ2n) is 9.26. The molecule has 178 valence electrons. The summed E-state index contributed by atoms with van der Waals surface area (Å²) in [6.07, 6.45) is 0.254. The summed E-state index contributed by atoms with van der Waals surface area (Å²) in [5.41, 5.74) is 5.42. The highest BCUT2D eigenvalue weighted by Gasteiger charge is 2.24. The lowest BCUT2D eigenvalue weighted by Gasteiger charge is -2.22. The summed E-state index contributed by atoms with van der Waals surface area (Å²) < 4.78 is 0. The van der Waals surface area contributed by atoms with Gasteiger partial charge in [0.05, 0.1) is 6.42 Å². The number of nitrogens with one attached hydrogen (secondary N) is 2. The molecular weight excluding hydrogens is 422 g/mol.